The molecule has 6 heteroatoms. The maximum absolute atomic E-state index is 11.7. The molecule has 1 atom stereocenters. The molecule has 108 valence electrons. The summed E-state index contributed by atoms with van der Waals surface area (Å²) in [6.07, 6.45) is 5.59. The van der Waals surface area contributed by atoms with E-state index in [1.165, 1.54) is 12.2 Å². The predicted octanol–water partition coefficient (Wildman–Crippen LogP) is 1.83. The normalized spacial score (nSPS) is 25.2. The van der Waals surface area contributed by atoms with Crippen molar-refractivity contribution < 1.29 is 14.7 Å². The maximum atomic E-state index is 11.7. The molecule has 0 aromatic heterocycles. The molecule has 1 aliphatic carbocycles. The summed E-state index contributed by atoms with van der Waals surface area (Å²) in [4.78, 5) is 23.0. The third kappa shape index (κ3) is 3.78. The van der Waals surface area contributed by atoms with Crippen molar-refractivity contribution in [2.24, 2.45) is 5.41 Å². The third-order valence-electron chi connectivity index (χ3n) is 4.12. The average molecular weight is 286 g/mol. The number of urea groups is 1. The minimum Gasteiger partial charge on any atom is -0.481 e. The fourth-order valence-corrected chi connectivity index (χ4v) is 4.04. The van der Waals surface area contributed by atoms with E-state index in [-0.39, 0.29) is 12.6 Å². The molecule has 0 radical (unpaired) electrons. The number of hydrogen-bond acceptors (Lipinski definition) is 3. The minimum atomic E-state index is -0.781. The van der Waals surface area contributed by atoms with Gasteiger partial charge in [-0.1, -0.05) is 12.8 Å². The summed E-state index contributed by atoms with van der Waals surface area (Å²) in [7, 11) is 0. The lowest BCUT2D eigenvalue weighted by Crippen LogP contribution is -2.46. The van der Waals surface area contributed by atoms with Crippen LogP contribution in [0.25, 0.3) is 0 Å². The second kappa shape index (κ2) is 6.50. The Morgan fingerprint density at radius 3 is 2.53 bits per heavy atom. The number of carbonyl (C=O) groups is 2. The fraction of sp³-hybridized carbons (Fsp3) is 0.846. The number of amides is 2. The van der Waals surface area contributed by atoms with Gasteiger partial charge in [0.1, 0.15) is 0 Å². The van der Waals surface area contributed by atoms with Crippen LogP contribution in [-0.4, -0.2) is 41.2 Å². The van der Waals surface area contributed by atoms with E-state index < -0.39 is 11.4 Å². The van der Waals surface area contributed by atoms with E-state index in [1.807, 2.05) is 11.8 Å². The zero-order valence-corrected chi connectivity index (χ0v) is 11.9. The van der Waals surface area contributed by atoms with Gasteiger partial charge in [0.05, 0.1) is 5.41 Å². The third-order valence-corrected chi connectivity index (χ3v) is 5.51. The molecule has 5 nitrogen and oxygen atoms in total. The molecule has 2 amide bonds. The van der Waals surface area contributed by atoms with Crippen LogP contribution in [-0.2, 0) is 4.79 Å². The Labute approximate surface area is 117 Å². The van der Waals surface area contributed by atoms with E-state index in [4.69, 9.17) is 0 Å². The lowest BCUT2D eigenvalue weighted by atomic mass is 9.86. The van der Waals surface area contributed by atoms with Crippen LogP contribution in [0.3, 0.4) is 0 Å². The largest absolute Gasteiger partial charge is 0.481 e. The van der Waals surface area contributed by atoms with Crippen molar-refractivity contribution in [3.63, 3.8) is 0 Å². The molecule has 2 rings (SSSR count). The van der Waals surface area contributed by atoms with Gasteiger partial charge in [0.2, 0.25) is 0 Å². The molecule has 3 N–H and O–H groups in total. The Kier molecular flexibility index (Phi) is 4.96. The van der Waals surface area contributed by atoms with E-state index in [0.29, 0.717) is 24.6 Å². The Hall–Kier alpha value is -0.910. The highest BCUT2D eigenvalue weighted by Crippen LogP contribution is 2.37. The summed E-state index contributed by atoms with van der Waals surface area (Å²) in [5, 5.41) is 15.4. The number of thioether (sulfide) groups is 1. The van der Waals surface area contributed by atoms with Crippen molar-refractivity contribution in [2.45, 2.75) is 43.8 Å². The molecule has 0 bridgehead atoms. The van der Waals surface area contributed by atoms with Gasteiger partial charge in [-0.3, -0.25) is 4.79 Å². The van der Waals surface area contributed by atoms with Crippen LogP contribution in [0.4, 0.5) is 4.79 Å². The number of aliphatic carboxylic acids is 1. The molecule has 1 saturated heterocycles. The number of carboxylic acid groups (broad SMARTS) is 1. The van der Waals surface area contributed by atoms with Gasteiger partial charge in [-0.15, -0.1) is 0 Å². The number of rotatable bonds is 5. The molecular formula is C13H22N2O3S. The van der Waals surface area contributed by atoms with Crippen LogP contribution in [0.1, 0.15) is 38.5 Å². The molecule has 0 aromatic carbocycles. The molecule has 2 aliphatic rings. The smallest absolute Gasteiger partial charge is 0.314 e. The highest BCUT2D eigenvalue weighted by molar-refractivity contribution is 8.00. The second-order valence-corrected chi connectivity index (χ2v) is 6.90. The van der Waals surface area contributed by atoms with Crippen molar-refractivity contribution in [1.29, 1.82) is 0 Å². The van der Waals surface area contributed by atoms with Crippen LogP contribution in [0, 0.1) is 5.41 Å². The van der Waals surface area contributed by atoms with Gasteiger partial charge in [0, 0.05) is 18.3 Å². The Morgan fingerprint density at radius 2 is 1.95 bits per heavy atom. The number of nitrogens with one attached hydrogen (secondary N) is 2. The quantitative estimate of drug-likeness (QED) is 0.720. The summed E-state index contributed by atoms with van der Waals surface area (Å²) in [6, 6.07) is -0.236. The summed E-state index contributed by atoms with van der Waals surface area (Å²) >= 11 is 1.90. The van der Waals surface area contributed by atoms with Crippen LogP contribution in [0.2, 0.25) is 0 Å². The van der Waals surface area contributed by atoms with E-state index in [2.05, 4.69) is 10.6 Å². The number of carbonyl (C=O) groups excluding carboxylic acids is 1. The van der Waals surface area contributed by atoms with Crippen LogP contribution in [0.5, 0.6) is 0 Å². The number of hydrogen-bond donors (Lipinski definition) is 3. The van der Waals surface area contributed by atoms with Crippen molar-refractivity contribution in [2.75, 3.05) is 18.8 Å². The lowest BCUT2D eigenvalue weighted by molar-refractivity contribution is -0.148. The Morgan fingerprint density at radius 1 is 1.21 bits per heavy atom. The van der Waals surface area contributed by atoms with Crippen molar-refractivity contribution in [3.8, 4) is 0 Å². The molecule has 0 spiro atoms. The zero-order chi connectivity index (χ0) is 13.7. The fourth-order valence-electron chi connectivity index (χ4n) is 2.84. The second-order valence-electron chi connectivity index (χ2n) is 5.49. The molecule has 1 aliphatic heterocycles. The molecule has 19 heavy (non-hydrogen) atoms. The van der Waals surface area contributed by atoms with Crippen LogP contribution in [0.15, 0.2) is 0 Å². The molecule has 2 fully saturated rings. The summed E-state index contributed by atoms with van der Waals surface area (Å²) in [5.74, 6) is 0.396. The Bertz CT molecular complexity index is 337. The molecular weight excluding hydrogens is 264 g/mol. The maximum Gasteiger partial charge on any atom is 0.314 e. The van der Waals surface area contributed by atoms with E-state index in [0.717, 1.165) is 19.3 Å². The number of carboxylic acids is 1. The lowest BCUT2D eigenvalue weighted by Gasteiger charge is -2.24. The SMILES string of the molecule is O=C(NCC1CCCS1)NCC1(C(=O)O)CCCC1. The summed E-state index contributed by atoms with van der Waals surface area (Å²) in [6.45, 7) is 0.919. The van der Waals surface area contributed by atoms with Gasteiger partial charge in [-0.2, -0.15) is 11.8 Å². The first kappa shape index (κ1) is 14.5. The molecule has 1 saturated carbocycles. The summed E-state index contributed by atoms with van der Waals surface area (Å²) < 4.78 is 0. The minimum absolute atomic E-state index is 0.236. The van der Waals surface area contributed by atoms with Gasteiger partial charge >= 0.3 is 12.0 Å². The monoisotopic (exact) mass is 286 g/mol. The highest BCUT2D eigenvalue weighted by atomic mass is 32.2. The van der Waals surface area contributed by atoms with Gasteiger partial charge in [-0.05, 0) is 31.4 Å². The van der Waals surface area contributed by atoms with Crippen LogP contribution < -0.4 is 10.6 Å². The van der Waals surface area contributed by atoms with Crippen molar-refractivity contribution in [1.82, 2.24) is 10.6 Å². The first-order valence-corrected chi connectivity index (χ1v) is 8.04. The van der Waals surface area contributed by atoms with Gasteiger partial charge in [0.15, 0.2) is 0 Å². The average Bonchev–Trinajstić information content (AvgIpc) is 3.05. The topological polar surface area (TPSA) is 78.4 Å². The Balaban J connectivity index is 1.71. The first-order valence-electron chi connectivity index (χ1n) is 6.99. The van der Waals surface area contributed by atoms with Crippen molar-refractivity contribution in [3.05, 3.63) is 0 Å². The van der Waals surface area contributed by atoms with Gasteiger partial charge in [-0.25, -0.2) is 4.79 Å². The molecule has 1 heterocycles. The first-order chi connectivity index (χ1) is 9.12. The summed E-state index contributed by atoms with van der Waals surface area (Å²) in [5.41, 5.74) is -0.737. The highest BCUT2D eigenvalue weighted by Gasteiger charge is 2.41. The van der Waals surface area contributed by atoms with Gasteiger partial charge in [0.25, 0.3) is 0 Å². The van der Waals surface area contributed by atoms with E-state index in [1.54, 1.807) is 0 Å². The van der Waals surface area contributed by atoms with Gasteiger partial charge < -0.3 is 15.7 Å². The molecule has 0 aromatic rings. The standard InChI is InChI=1S/C13H22N2O3S/c16-11(17)13(5-1-2-6-13)9-15-12(18)14-8-10-4-3-7-19-10/h10H,1-9H2,(H,16,17)(H2,14,15,18). The zero-order valence-electron chi connectivity index (χ0n) is 11.1. The van der Waals surface area contributed by atoms with E-state index >= 15 is 0 Å². The van der Waals surface area contributed by atoms with Crippen LogP contribution >= 0.6 is 11.8 Å². The van der Waals surface area contributed by atoms with E-state index in [9.17, 15) is 14.7 Å². The van der Waals surface area contributed by atoms with Crippen molar-refractivity contribution >= 4 is 23.8 Å². The molecule has 1 unspecified atom stereocenters. The predicted molar refractivity (Wildman–Crippen MR) is 75.4 cm³/mol.